The molecule has 0 aliphatic carbocycles. The predicted octanol–water partition coefficient (Wildman–Crippen LogP) is 1.90. The van der Waals surface area contributed by atoms with Gasteiger partial charge in [-0.3, -0.25) is 0 Å². The molecule has 122 valence electrons. The smallest absolute Gasteiger partial charge is 0.193 e. The number of aliphatic hydroxyl groups is 1. The van der Waals surface area contributed by atoms with Crippen LogP contribution in [0.2, 0.25) is 0 Å². The fourth-order valence-electron chi connectivity index (χ4n) is 2.18. The van der Waals surface area contributed by atoms with Crippen LogP contribution in [0.3, 0.4) is 0 Å². The van der Waals surface area contributed by atoms with Crippen LogP contribution < -0.4 is 20.5 Å². The van der Waals surface area contributed by atoms with Crippen LogP contribution in [0.15, 0.2) is 46.0 Å². The number of furan rings is 1. The fraction of sp³-hybridized carbons (Fsp3) is 0.312. The lowest BCUT2D eigenvalue weighted by Crippen LogP contribution is -2.23. The maximum atomic E-state index is 9.89. The van der Waals surface area contributed by atoms with Crippen LogP contribution in [0.4, 0.5) is 5.69 Å². The first kappa shape index (κ1) is 15.2. The van der Waals surface area contributed by atoms with E-state index in [1.54, 1.807) is 12.1 Å². The molecule has 23 heavy (non-hydrogen) atoms. The molecule has 7 nitrogen and oxygen atoms in total. The molecule has 7 heteroatoms. The largest absolute Gasteiger partial charge is 0.490 e. The van der Waals surface area contributed by atoms with Gasteiger partial charge in [0.2, 0.25) is 0 Å². The maximum Gasteiger partial charge on any atom is 0.193 e. The highest BCUT2D eigenvalue weighted by molar-refractivity contribution is 5.92. The van der Waals surface area contributed by atoms with Gasteiger partial charge in [0.1, 0.15) is 11.9 Å². The number of rotatable bonds is 4. The van der Waals surface area contributed by atoms with Crippen molar-refractivity contribution in [3.63, 3.8) is 0 Å². The quantitative estimate of drug-likeness (QED) is 0.588. The Kier molecular flexibility index (Phi) is 4.68. The van der Waals surface area contributed by atoms with E-state index in [4.69, 9.17) is 19.6 Å². The van der Waals surface area contributed by atoms with Crippen molar-refractivity contribution >= 4 is 11.6 Å². The molecular weight excluding hydrogens is 298 g/mol. The summed E-state index contributed by atoms with van der Waals surface area (Å²) in [4.78, 5) is 4.11. The number of aliphatic hydroxyl groups excluding tert-OH is 1. The van der Waals surface area contributed by atoms with Gasteiger partial charge >= 0.3 is 0 Å². The third kappa shape index (κ3) is 3.95. The fourth-order valence-corrected chi connectivity index (χ4v) is 2.18. The Morgan fingerprint density at radius 2 is 2.09 bits per heavy atom. The SMILES string of the molecule is NC(=NCC(O)c1ccco1)Nc1ccc2c(c1)OCCCO2. The van der Waals surface area contributed by atoms with Gasteiger partial charge in [-0.05, 0) is 24.3 Å². The van der Waals surface area contributed by atoms with Crippen LogP contribution in [-0.2, 0) is 0 Å². The van der Waals surface area contributed by atoms with Crippen molar-refractivity contribution in [1.82, 2.24) is 0 Å². The number of nitrogens with one attached hydrogen (secondary N) is 1. The van der Waals surface area contributed by atoms with E-state index in [0.717, 1.165) is 17.9 Å². The van der Waals surface area contributed by atoms with Crippen molar-refractivity contribution in [3.05, 3.63) is 42.4 Å². The Labute approximate surface area is 133 Å². The van der Waals surface area contributed by atoms with Gasteiger partial charge in [0.25, 0.3) is 0 Å². The van der Waals surface area contributed by atoms with E-state index in [2.05, 4.69) is 10.3 Å². The number of guanidine groups is 1. The van der Waals surface area contributed by atoms with Gasteiger partial charge in [-0.15, -0.1) is 0 Å². The highest BCUT2D eigenvalue weighted by Crippen LogP contribution is 2.32. The van der Waals surface area contributed by atoms with Crippen LogP contribution in [0, 0.1) is 0 Å². The summed E-state index contributed by atoms with van der Waals surface area (Å²) in [5, 5.41) is 12.9. The highest BCUT2D eigenvalue weighted by atomic mass is 16.5. The number of anilines is 1. The lowest BCUT2D eigenvalue weighted by molar-refractivity contribution is 0.158. The van der Waals surface area contributed by atoms with Gasteiger partial charge < -0.3 is 30.0 Å². The Bertz CT molecular complexity index is 670. The molecule has 0 radical (unpaired) electrons. The van der Waals surface area contributed by atoms with E-state index >= 15 is 0 Å². The molecule has 2 aromatic rings. The van der Waals surface area contributed by atoms with Gasteiger partial charge in [0.05, 0.1) is 26.0 Å². The number of benzene rings is 1. The molecule has 1 aromatic heterocycles. The van der Waals surface area contributed by atoms with Crippen molar-refractivity contribution in [1.29, 1.82) is 0 Å². The number of nitrogens with zero attached hydrogens (tertiary/aromatic N) is 1. The number of fused-ring (bicyclic) bond motifs is 1. The Morgan fingerprint density at radius 3 is 2.87 bits per heavy atom. The van der Waals surface area contributed by atoms with Crippen LogP contribution >= 0.6 is 0 Å². The first-order valence-corrected chi connectivity index (χ1v) is 7.40. The molecule has 0 fully saturated rings. The summed E-state index contributed by atoms with van der Waals surface area (Å²) < 4.78 is 16.3. The number of aliphatic imine (C=N–C) groups is 1. The molecule has 0 bridgehead atoms. The lowest BCUT2D eigenvalue weighted by Gasteiger charge is -2.11. The summed E-state index contributed by atoms with van der Waals surface area (Å²) in [7, 11) is 0. The van der Waals surface area contributed by atoms with E-state index in [-0.39, 0.29) is 12.5 Å². The van der Waals surface area contributed by atoms with E-state index in [1.807, 2.05) is 18.2 Å². The molecule has 1 unspecified atom stereocenters. The zero-order valence-corrected chi connectivity index (χ0v) is 12.6. The first-order chi connectivity index (χ1) is 11.2. The third-order valence-electron chi connectivity index (χ3n) is 3.33. The average molecular weight is 317 g/mol. The van der Waals surface area contributed by atoms with Gasteiger partial charge in [-0.25, -0.2) is 4.99 Å². The predicted molar refractivity (Wildman–Crippen MR) is 85.8 cm³/mol. The molecule has 1 atom stereocenters. The minimum atomic E-state index is -0.825. The topological polar surface area (TPSA) is 102 Å². The molecule has 0 saturated carbocycles. The number of hydrogen-bond donors (Lipinski definition) is 3. The Hall–Kier alpha value is -2.67. The lowest BCUT2D eigenvalue weighted by atomic mass is 10.2. The van der Waals surface area contributed by atoms with Crippen LogP contribution in [0.1, 0.15) is 18.3 Å². The third-order valence-corrected chi connectivity index (χ3v) is 3.33. The second kappa shape index (κ2) is 7.06. The molecule has 2 heterocycles. The van der Waals surface area contributed by atoms with Crippen LogP contribution in [0.25, 0.3) is 0 Å². The van der Waals surface area contributed by atoms with Gasteiger partial charge in [0.15, 0.2) is 17.5 Å². The highest BCUT2D eigenvalue weighted by Gasteiger charge is 2.12. The van der Waals surface area contributed by atoms with E-state index in [9.17, 15) is 5.11 Å². The Morgan fingerprint density at radius 1 is 1.26 bits per heavy atom. The number of nitrogens with two attached hydrogens (primary N) is 1. The van der Waals surface area contributed by atoms with E-state index < -0.39 is 6.10 Å². The van der Waals surface area contributed by atoms with Crippen molar-refractivity contribution in [2.24, 2.45) is 10.7 Å². The summed E-state index contributed by atoms with van der Waals surface area (Å²) >= 11 is 0. The summed E-state index contributed by atoms with van der Waals surface area (Å²) in [5.41, 5.74) is 6.58. The van der Waals surface area contributed by atoms with Crippen LogP contribution in [0.5, 0.6) is 11.5 Å². The zero-order valence-electron chi connectivity index (χ0n) is 12.6. The first-order valence-electron chi connectivity index (χ1n) is 7.40. The molecular formula is C16H19N3O4. The van der Waals surface area contributed by atoms with Crippen LogP contribution in [-0.4, -0.2) is 30.8 Å². The summed E-state index contributed by atoms with van der Waals surface area (Å²) in [6, 6.07) is 8.87. The zero-order chi connectivity index (χ0) is 16.1. The second-order valence-corrected chi connectivity index (χ2v) is 5.09. The summed E-state index contributed by atoms with van der Waals surface area (Å²) in [6.45, 7) is 1.38. The molecule has 4 N–H and O–H groups in total. The van der Waals surface area contributed by atoms with Crippen molar-refractivity contribution in [2.45, 2.75) is 12.5 Å². The monoisotopic (exact) mass is 317 g/mol. The second-order valence-electron chi connectivity index (χ2n) is 5.09. The average Bonchev–Trinajstić information content (AvgIpc) is 2.99. The molecule has 0 saturated heterocycles. The van der Waals surface area contributed by atoms with Gasteiger partial charge in [-0.1, -0.05) is 0 Å². The Balaban J connectivity index is 1.62. The minimum Gasteiger partial charge on any atom is -0.490 e. The molecule has 3 rings (SSSR count). The maximum absolute atomic E-state index is 9.89. The summed E-state index contributed by atoms with van der Waals surface area (Å²) in [6.07, 6.45) is 1.53. The minimum absolute atomic E-state index is 0.108. The standard InChI is InChI=1S/C16H19N3O4/c17-16(18-10-12(20)13-3-1-6-21-13)19-11-4-5-14-15(9-11)23-8-2-7-22-14/h1,3-6,9,12,20H,2,7-8,10H2,(H3,17,18,19). The van der Waals surface area contributed by atoms with Crippen molar-refractivity contribution in [2.75, 3.05) is 25.1 Å². The van der Waals surface area contributed by atoms with Gasteiger partial charge in [0, 0.05) is 18.2 Å². The molecule has 0 amide bonds. The number of ether oxygens (including phenoxy) is 2. The van der Waals surface area contributed by atoms with E-state index in [0.29, 0.717) is 24.7 Å². The molecule has 1 aliphatic heterocycles. The van der Waals surface area contributed by atoms with Crippen molar-refractivity contribution in [3.8, 4) is 11.5 Å². The van der Waals surface area contributed by atoms with Gasteiger partial charge in [-0.2, -0.15) is 0 Å². The molecule has 1 aromatic carbocycles. The normalized spacial score (nSPS) is 15.8. The summed E-state index contributed by atoms with van der Waals surface area (Å²) in [5.74, 6) is 2.05. The van der Waals surface area contributed by atoms with E-state index in [1.165, 1.54) is 6.26 Å². The molecule has 0 spiro atoms. The number of hydrogen-bond acceptors (Lipinski definition) is 5. The molecule has 1 aliphatic rings. The van der Waals surface area contributed by atoms with Crippen molar-refractivity contribution < 1.29 is 19.0 Å².